The number of rotatable bonds is 3. The van der Waals surface area contributed by atoms with Crippen LogP contribution in [0.4, 0.5) is 0 Å². The van der Waals surface area contributed by atoms with Crippen molar-refractivity contribution in [2.45, 2.75) is 12.0 Å². The summed E-state index contributed by atoms with van der Waals surface area (Å²) in [6, 6.07) is 4.98. The molecule has 1 heterocycles. The Morgan fingerprint density at radius 2 is 1.88 bits per heavy atom. The highest BCUT2D eigenvalue weighted by molar-refractivity contribution is 6.06. The summed E-state index contributed by atoms with van der Waals surface area (Å²) in [5.41, 5.74) is 11.1. The van der Waals surface area contributed by atoms with Crippen molar-refractivity contribution >= 4 is 48.6 Å². The van der Waals surface area contributed by atoms with Gasteiger partial charge in [-0.25, -0.2) is 9.79 Å². The lowest BCUT2D eigenvalue weighted by molar-refractivity contribution is -0.807. The Morgan fingerprint density at radius 3 is 2.41 bits per heavy atom. The van der Waals surface area contributed by atoms with E-state index in [1.54, 1.807) is 44.2 Å². The number of halogens is 2. The van der Waals surface area contributed by atoms with E-state index in [4.69, 9.17) is 11.5 Å². The van der Waals surface area contributed by atoms with Crippen LogP contribution in [0.25, 0.3) is 0 Å². The van der Waals surface area contributed by atoms with Crippen LogP contribution in [0, 0.1) is 0 Å². The minimum absolute atomic E-state index is 0. The van der Waals surface area contributed by atoms with Crippen molar-refractivity contribution in [3.05, 3.63) is 58.7 Å². The Kier molecular flexibility index (Phi) is 8.25. The molecule has 1 aromatic carbocycles. The van der Waals surface area contributed by atoms with E-state index < -0.39 is 11.5 Å². The molecule has 0 fully saturated rings. The van der Waals surface area contributed by atoms with Crippen molar-refractivity contribution in [1.82, 2.24) is 4.90 Å². The summed E-state index contributed by atoms with van der Waals surface area (Å²) in [5.74, 6) is -2.06. The molecule has 0 bridgehead atoms. The van der Waals surface area contributed by atoms with Gasteiger partial charge in [0.25, 0.3) is 5.91 Å². The van der Waals surface area contributed by atoms with Gasteiger partial charge in [0, 0.05) is 12.6 Å². The fourth-order valence-electron chi connectivity index (χ4n) is 3.79. The first-order chi connectivity index (χ1) is 14.0. The predicted octanol–water partition coefficient (Wildman–Crippen LogP) is -0.0627. The predicted molar refractivity (Wildman–Crippen MR) is 124 cm³/mol. The molecule has 0 radical (unpaired) electrons. The first kappa shape index (κ1) is 27.2. The van der Waals surface area contributed by atoms with Crippen LogP contribution < -0.4 is 16.6 Å². The Morgan fingerprint density at radius 1 is 1.22 bits per heavy atom. The number of fused-ring (bicyclic) bond motifs is 1. The molecule has 9 nitrogen and oxygen atoms in total. The summed E-state index contributed by atoms with van der Waals surface area (Å²) in [6.07, 6.45) is 4.42. The van der Waals surface area contributed by atoms with E-state index >= 15 is 0 Å². The molecule has 2 aliphatic rings. The number of carbonyl (C=O) groups excluding carboxylic acids is 3. The van der Waals surface area contributed by atoms with Crippen LogP contribution in [0.3, 0.4) is 0 Å². The number of nitrogens with two attached hydrogens (primary N) is 2. The maximum Gasteiger partial charge on any atom is 0.346 e. The normalized spacial score (nSPS) is 21.7. The summed E-state index contributed by atoms with van der Waals surface area (Å²) in [6.45, 7) is 0.868. The van der Waals surface area contributed by atoms with Gasteiger partial charge in [0.05, 0.1) is 37.7 Å². The van der Waals surface area contributed by atoms with Crippen molar-refractivity contribution in [3.63, 3.8) is 0 Å². The maximum absolute atomic E-state index is 13.6. The van der Waals surface area contributed by atoms with Crippen molar-refractivity contribution in [2.75, 3.05) is 34.2 Å². The number of nitrogens with zero attached hydrogens (tertiary/aromatic N) is 3. The SMILES string of the molecule is CN1CC[N+](C)(C)C(=O)c2c(cccc2C2(N=C(N)N)C=CC(C(=O)[O-])=CC2)C1=O.Cl.Cl. The van der Waals surface area contributed by atoms with Gasteiger partial charge in [-0.3, -0.25) is 9.28 Å². The van der Waals surface area contributed by atoms with Crippen LogP contribution in [0.15, 0.2) is 47.0 Å². The monoisotopic (exact) mass is 483 g/mol. The van der Waals surface area contributed by atoms with E-state index in [1.165, 1.54) is 18.2 Å². The van der Waals surface area contributed by atoms with Gasteiger partial charge in [-0.15, -0.1) is 24.8 Å². The van der Waals surface area contributed by atoms with Crippen LogP contribution in [0.5, 0.6) is 0 Å². The lowest BCUT2D eigenvalue weighted by Crippen LogP contribution is -2.53. The Labute approximate surface area is 198 Å². The second-order valence-electron chi connectivity index (χ2n) is 8.11. The summed E-state index contributed by atoms with van der Waals surface area (Å²) >= 11 is 0. The highest BCUT2D eigenvalue weighted by atomic mass is 35.5. The molecule has 1 unspecified atom stereocenters. The fourth-order valence-corrected chi connectivity index (χ4v) is 3.79. The molecule has 0 aromatic heterocycles. The van der Waals surface area contributed by atoms with E-state index in [1.807, 2.05) is 0 Å². The van der Waals surface area contributed by atoms with E-state index in [2.05, 4.69) is 4.99 Å². The molecule has 2 amide bonds. The average Bonchev–Trinajstić information content (AvgIpc) is 2.69. The molecule has 32 heavy (non-hydrogen) atoms. The van der Waals surface area contributed by atoms with E-state index in [0.717, 1.165) is 0 Å². The minimum atomic E-state index is -1.32. The molecular formula is C21H27Cl2N5O4. The number of guanidine groups is 1. The number of aliphatic imine (C=N–C) groups is 1. The largest absolute Gasteiger partial charge is 0.545 e. The first-order valence-corrected chi connectivity index (χ1v) is 9.47. The second kappa shape index (κ2) is 9.72. The molecule has 0 spiro atoms. The van der Waals surface area contributed by atoms with Gasteiger partial charge in [0.2, 0.25) is 0 Å². The van der Waals surface area contributed by atoms with Gasteiger partial charge in [0.15, 0.2) is 5.96 Å². The highest BCUT2D eigenvalue weighted by Gasteiger charge is 2.42. The average molecular weight is 484 g/mol. The molecule has 174 valence electrons. The van der Waals surface area contributed by atoms with E-state index in [0.29, 0.717) is 18.7 Å². The van der Waals surface area contributed by atoms with Crippen molar-refractivity contribution < 1.29 is 24.0 Å². The molecule has 0 saturated heterocycles. The lowest BCUT2D eigenvalue weighted by atomic mass is 9.78. The number of carboxylic acid groups (broad SMARTS) is 1. The topological polar surface area (TPSA) is 142 Å². The van der Waals surface area contributed by atoms with Crippen LogP contribution in [-0.2, 0) is 10.3 Å². The highest BCUT2D eigenvalue weighted by Crippen LogP contribution is 2.39. The fraction of sp³-hybridized carbons (Fsp3) is 0.333. The molecule has 1 atom stereocenters. The van der Waals surface area contributed by atoms with Crippen molar-refractivity contribution in [1.29, 1.82) is 0 Å². The zero-order chi connectivity index (χ0) is 22.3. The summed E-state index contributed by atoms with van der Waals surface area (Å²) < 4.78 is 0.0311. The molecule has 3 rings (SSSR count). The minimum Gasteiger partial charge on any atom is -0.545 e. The first-order valence-electron chi connectivity index (χ1n) is 9.47. The molecule has 1 aliphatic heterocycles. The van der Waals surface area contributed by atoms with Crippen LogP contribution in [0.2, 0.25) is 0 Å². The number of quaternary nitrogens is 1. The Balaban J connectivity index is 0.00000256. The zero-order valence-electron chi connectivity index (χ0n) is 18.0. The van der Waals surface area contributed by atoms with Gasteiger partial charge < -0.3 is 26.3 Å². The van der Waals surface area contributed by atoms with E-state index in [9.17, 15) is 19.5 Å². The van der Waals surface area contributed by atoms with Gasteiger partial charge >= 0.3 is 5.91 Å². The number of benzene rings is 1. The zero-order valence-corrected chi connectivity index (χ0v) is 19.7. The quantitative estimate of drug-likeness (QED) is 0.350. The lowest BCUT2D eigenvalue weighted by Gasteiger charge is -2.36. The number of likely N-dealkylation sites (N-methyl/N-ethyl adjacent to an activating group) is 2. The van der Waals surface area contributed by atoms with Crippen molar-refractivity contribution in [2.24, 2.45) is 16.5 Å². The molecular weight excluding hydrogens is 457 g/mol. The molecule has 1 aliphatic carbocycles. The van der Waals surface area contributed by atoms with Gasteiger partial charge in [-0.2, -0.15) is 0 Å². The van der Waals surface area contributed by atoms with Gasteiger partial charge in [-0.05, 0) is 18.1 Å². The Hall–Kier alpha value is -2.88. The third-order valence-electron chi connectivity index (χ3n) is 5.60. The van der Waals surface area contributed by atoms with Crippen LogP contribution >= 0.6 is 24.8 Å². The molecule has 0 saturated carbocycles. The second-order valence-corrected chi connectivity index (χ2v) is 8.11. The number of carbonyl (C=O) groups is 3. The summed E-state index contributed by atoms with van der Waals surface area (Å²) in [4.78, 5) is 43.8. The van der Waals surface area contributed by atoms with Gasteiger partial charge in [0.1, 0.15) is 12.1 Å². The number of amides is 2. The smallest absolute Gasteiger partial charge is 0.346 e. The third kappa shape index (κ3) is 4.79. The number of hydrogen-bond donors (Lipinski definition) is 2. The third-order valence-corrected chi connectivity index (χ3v) is 5.60. The van der Waals surface area contributed by atoms with Crippen LogP contribution in [-0.4, -0.2) is 67.4 Å². The van der Waals surface area contributed by atoms with Crippen molar-refractivity contribution in [3.8, 4) is 0 Å². The number of aliphatic carboxylic acids is 1. The molecule has 4 N–H and O–H groups in total. The number of carboxylic acids is 1. The molecule has 1 aromatic rings. The van der Waals surface area contributed by atoms with Gasteiger partial charge in [-0.1, -0.05) is 30.4 Å². The van der Waals surface area contributed by atoms with Crippen LogP contribution in [0.1, 0.15) is 32.7 Å². The maximum atomic E-state index is 13.6. The van der Waals surface area contributed by atoms with E-state index in [-0.39, 0.29) is 70.2 Å². The summed E-state index contributed by atoms with van der Waals surface area (Å²) in [7, 11) is 5.25. The number of hydrogen-bond acceptors (Lipinski definition) is 5. The summed E-state index contributed by atoms with van der Waals surface area (Å²) in [5, 5.41) is 11.2. The molecule has 11 heteroatoms. The Bertz CT molecular complexity index is 1030. The standard InChI is InChI=1S/C21H25N5O4.2ClH/c1-25-11-12-26(2,3)18(28)16-14(17(25)27)5-4-6-15(16)21(24-20(22)23)9-7-13(8-10-21)19(29)30;;/h4-9H,10-12H2,1-3H3,(H4-,22,23,24,29,30);2*1H.